The number of nitrogens with one attached hydrogen (secondary N) is 2. The fraction of sp³-hybridized carbons (Fsp3) is 0.269. The van der Waals surface area contributed by atoms with E-state index >= 15 is 0 Å². The molecule has 1 aliphatic rings. The average molecular weight is 549 g/mol. The standard InChI is InChI=1S/C26H25ClN8O2S/c27-20-7-2-1-5-18(20)15-23(36)29-21-8-9-22(32-31-21)35-13-10-17(11-14-35)25-33-34-26(38-25)30-24(37)16-19-6-3-4-12-28-19/h1-9,12,17H,10-11,13-16H2,(H,29,31,36)(H,30,34,37). The molecular formula is C26H25ClN8O2S. The number of amides is 2. The van der Waals surface area contributed by atoms with E-state index < -0.39 is 0 Å². The summed E-state index contributed by atoms with van der Waals surface area (Å²) in [6, 6.07) is 16.4. The summed E-state index contributed by atoms with van der Waals surface area (Å²) in [5.74, 6) is 1.05. The lowest BCUT2D eigenvalue weighted by atomic mass is 9.98. The molecule has 0 atom stereocenters. The van der Waals surface area contributed by atoms with Crippen LogP contribution in [0.25, 0.3) is 0 Å². The number of carbonyl (C=O) groups is 2. The first-order chi connectivity index (χ1) is 18.5. The number of halogens is 1. The SMILES string of the molecule is O=C(Cc1ccccc1Cl)Nc1ccc(N2CCC(c3nnc(NC(=O)Cc4ccccn4)s3)CC2)nn1. The number of pyridine rings is 1. The number of hydrogen-bond acceptors (Lipinski definition) is 9. The molecule has 0 spiro atoms. The summed E-state index contributed by atoms with van der Waals surface area (Å²) in [4.78, 5) is 31.0. The number of piperidine rings is 1. The van der Waals surface area contributed by atoms with Gasteiger partial charge in [0.25, 0.3) is 0 Å². The van der Waals surface area contributed by atoms with Gasteiger partial charge in [0.05, 0.1) is 12.8 Å². The highest BCUT2D eigenvalue weighted by atomic mass is 35.5. The summed E-state index contributed by atoms with van der Waals surface area (Å²) in [7, 11) is 0. The third kappa shape index (κ3) is 6.67. The van der Waals surface area contributed by atoms with Crippen LogP contribution in [0.2, 0.25) is 5.02 Å². The van der Waals surface area contributed by atoms with Gasteiger partial charge in [0, 0.05) is 35.9 Å². The number of anilines is 3. The molecule has 1 saturated heterocycles. The number of rotatable bonds is 8. The van der Waals surface area contributed by atoms with Crippen LogP contribution in [-0.2, 0) is 22.4 Å². The summed E-state index contributed by atoms with van der Waals surface area (Å²) in [5.41, 5.74) is 1.46. The van der Waals surface area contributed by atoms with Gasteiger partial charge < -0.3 is 15.5 Å². The third-order valence-corrected chi connectivity index (χ3v) is 7.52. The predicted molar refractivity (Wildman–Crippen MR) is 146 cm³/mol. The summed E-state index contributed by atoms with van der Waals surface area (Å²) >= 11 is 7.55. The van der Waals surface area contributed by atoms with Crippen LogP contribution in [0, 0.1) is 0 Å². The van der Waals surface area contributed by atoms with Crippen LogP contribution >= 0.6 is 22.9 Å². The van der Waals surface area contributed by atoms with Gasteiger partial charge in [-0.1, -0.05) is 47.2 Å². The van der Waals surface area contributed by atoms with Gasteiger partial charge in [-0.3, -0.25) is 14.6 Å². The Kier molecular flexibility index (Phi) is 8.15. The molecule has 1 fully saturated rings. The number of benzene rings is 1. The third-order valence-electron chi connectivity index (χ3n) is 6.15. The molecule has 5 rings (SSSR count). The van der Waals surface area contributed by atoms with Crippen LogP contribution in [0.1, 0.15) is 35.0 Å². The van der Waals surface area contributed by atoms with E-state index in [4.69, 9.17) is 11.6 Å². The van der Waals surface area contributed by atoms with E-state index in [9.17, 15) is 9.59 Å². The molecule has 0 unspecified atom stereocenters. The molecule has 4 heterocycles. The highest BCUT2D eigenvalue weighted by Crippen LogP contribution is 2.33. The molecular weight excluding hydrogens is 524 g/mol. The molecule has 194 valence electrons. The molecule has 4 aromatic rings. The van der Waals surface area contributed by atoms with Crippen molar-refractivity contribution < 1.29 is 9.59 Å². The second kappa shape index (κ2) is 12.1. The van der Waals surface area contributed by atoms with Gasteiger partial charge in [0.2, 0.25) is 16.9 Å². The van der Waals surface area contributed by atoms with Crippen molar-refractivity contribution in [2.75, 3.05) is 28.6 Å². The monoisotopic (exact) mass is 548 g/mol. The minimum atomic E-state index is -0.203. The Morgan fingerprint density at radius 2 is 1.68 bits per heavy atom. The van der Waals surface area contributed by atoms with E-state index in [-0.39, 0.29) is 30.6 Å². The first-order valence-corrected chi connectivity index (χ1v) is 13.4. The van der Waals surface area contributed by atoms with E-state index in [1.54, 1.807) is 18.3 Å². The first kappa shape index (κ1) is 25.7. The molecule has 2 amide bonds. The van der Waals surface area contributed by atoms with Gasteiger partial charge in [0.1, 0.15) is 5.01 Å². The van der Waals surface area contributed by atoms with Gasteiger partial charge in [-0.05, 0) is 48.7 Å². The van der Waals surface area contributed by atoms with Crippen molar-refractivity contribution in [2.24, 2.45) is 0 Å². The summed E-state index contributed by atoms with van der Waals surface area (Å²) in [6.45, 7) is 1.58. The van der Waals surface area contributed by atoms with Gasteiger partial charge in [0.15, 0.2) is 11.6 Å². The lowest BCUT2D eigenvalue weighted by Crippen LogP contribution is -2.33. The van der Waals surface area contributed by atoms with E-state index in [1.807, 2.05) is 42.5 Å². The molecule has 0 bridgehead atoms. The Labute approximate surface area is 228 Å². The van der Waals surface area contributed by atoms with Crippen LogP contribution in [0.4, 0.5) is 16.8 Å². The van der Waals surface area contributed by atoms with E-state index in [0.717, 1.165) is 42.3 Å². The zero-order valence-electron chi connectivity index (χ0n) is 20.4. The smallest absolute Gasteiger partial charge is 0.232 e. The predicted octanol–water partition coefficient (Wildman–Crippen LogP) is 4.12. The van der Waals surface area contributed by atoms with Crippen molar-refractivity contribution in [1.82, 2.24) is 25.4 Å². The molecule has 1 aliphatic heterocycles. The highest BCUT2D eigenvalue weighted by Gasteiger charge is 2.25. The van der Waals surface area contributed by atoms with E-state index in [1.165, 1.54) is 11.3 Å². The Hall–Kier alpha value is -3.96. The van der Waals surface area contributed by atoms with Crippen LogP contribution in [0.15, 0.2) is 60.8 Å². The minimum absolute atomic E-state index is 0.164. The molecule has 0 saturated carbocycles. The normalized spacial score (nSPS) is 13.8. The van der Waals surface area contributed by atoms with Crippen molar-refractivity contribution in [2.45, 2.75) is 31.6 Å². The van der Waals surface area contributed by atoms with Crippen LogP contribution in [-0.4, -0.2) is 50.3 Å². The Bertz CT molecular complexity index is 1390. The maximum atomic E-state index is 12.4. The maximum Gasteiger partial charge on any atom is 0.232 e. The molecule has 1 aromatic carbocycles. The van der Waals surface area contributed by atoms with Crippen LogP contribution in [0.5, 0.6) is 0 Å². The molecule has 0 radical (unpaired) electrons. The maximum absolute atomic E-state index is 12.4. The number of carbonyl (C=O) groups excluding carboxylic acids is 2. The Morgan fingerprint density at radius 1 is 0.895 bits per heavy atom. The van der Waals surface area contributed by atoms with E-state index in [0.29, 0.717) is 21.7 Å². The zero-order chi connectivity index (χ0) is 26.3. The summed E-state index contributed by atoms with van der Waals surface area (Å²) in [6.07, 6.45) is 3.79. The van der Waals surface area contributed by atoms with Crippen molar-refractivity contribution in [3.63, 3.8) is 0 Å². The Balaban J connectivity index is 1.09. The lowest BCUT2D eigenvalue weighted by molar-refractivity contribution is -0.116. The largest absolute Gasteiger partial charge is 0.355 e. The second-order valence-corrected chi connectivity index (χ2v) is 10.3. The molecule has 12 heteroatoms. The quantitative estimate of drug-likeness (QED) is 0.337. The number of nitrogens with zero attached hydrogens (tertiary/aromatic N) is 6. The topological polar surface area (TPSA) is 126 Å². The highest BCUT2D eigenvalue weighted by molar-refractivity contribution is 7.15. The van der Waals surface area contributed by atoms with Crippen molar-refractivity contribution in [3.05, 3.63) is 82.1 Å². The van der Waals surface area contributed by atoms with Gasteiger partial charge in [-0.25, -0.2) is 0 Å². The zero-order valence-corrected chi connectivity index (χ0v) is 22.0. The van der Waals surface area contributed by atoms with Gasteiger partial charge >= 0.3 is 0 Å². The van der Waals surface area contributed by atoms with Crippen molar-refractivity contribution >= 4 is 51.5 Å². The molecule has 38 heavy (non-hydrogen) atoms. The van der Waals surface area contributed by atoms with Gasteiger partial charge in [-0.15, -0.1) is 20.4 Å². The molecule has 3 aromatic heterocycles. The summed E-state index contributed by atoms with van der Waals surface area (Å²) < 4.78 is 0. The van der Waals surface area contributed by atoms with Crippen molar-refractivity contribution in [3.8, 4) is 0 Å². The molecule has 2 N–H and O–H groups in total. The van der Waals surface area contributed by atoms with E-state index in [2.05, 4.69) is 40.9 Å². The van der Waals surface area contributed by atoms with Gasteiger partial charge in [-0.2, -0.15) is 0 Å². The molecule has 10 nitrogen and oxygen atoms in total. The van der Waals surface area contributed by atoms with Crippen LogP contribution in [0.3, 0.4) is 0 Å². The molecule has 0 aliphatic carbocycles. The summed E-state index contributed by atoms with van der Waals surface area (Å²) in [5, 5.41) is 24.5. The average Bonchev–Trinajstić information content (AvgIpc) is 3.39. The fourth-order valence-electron chi connectivity index (χ4n) is 4.20. The Morgan fingerprint density at radius 3 is 2.42 bits per heavy atom. The van der Waals surface area contributed by atoms with Crippen LogP contribution < -0.4 is 15.5 Å². The number of aromatic nitrogens is 5. The fourth-order valence-corrected chi connectivity index (χ4v) is 5.33. The minimum Gasteiger partial charge on any atom is -0.355 e. The lowest BCUT2D eigenvalue weighted by Gasteiger charge is -2.31. The second-order valence-electron chi connectivity index (χ2n) is 8.85. The first-order valence-electron chi connectivity index (χ1n) is 12.2. The van der Waals surface area contributed by atoms with Crippen molar-refractivity contribution in [1.29, 1.82) is 0 Å². The number of hydrogen-bond donors (Lipinski definition) is 2.